The highest BCUT2D eigenvalue weighted by atomic mass is 127. The molecular formula is C13H12ClINO-. The molecule has 1 aromatic carbocycles. The highest BCUT2D eigenvalue weighted by molar-refractivity contribution is 6.30. The van der Waals surface area contributed by atoms with Crippen LogP contribution in [-0.4, -0.2) is 0 Å². The zero-order chi connectivity index (χ0) is 11.4. The lowest BCUT2D eigenvalue weighted by molar-refractivity contribution is -0.00000364. The first-order chi connectivity index (χ1) is 7.75. The van der Waals surface area contributed by atoms with Gasteiger partial charge in [0.1, 0.15) is 5.76 Å². The SMILES string of the molecule is C=C(NCc1ccco1)c1ccc(Cl)cc1.[I-]. The van der Waals surface area contributed by atoms with E-state index in [-0.39, 0.29) is 24.0 Å². The van der Waals surface area contributed by atoms with Gasteiger partial charge in [-0.15, -0.1) is 0 Å². The molecule has 0 aliphatic heterocycles. The molecule has 0 spiro atoms. The van der Waals surface area contributed by atoms with Crippen LogP contribution in [-0.2, 0) is 6.54 Å². The molecule has 0 bridgehead atoms. The van der Waals surface area contributed by atoms with Gasteiger partial charge in [-0.25, -0.2) is 0 Å². The second-order valence-corrected chi connectivity index (χ2v) is 3.85. The maximum atomic E-state index is 5.81. The quantitative estimate of drug-likeness (QED) is 0.812. The molecule has 2 rings (SSSR count). The van der Waals surface area contributed by atoms with E-state index in [4.69, 9.17) is 16.0 Å². The normalized spacial score (nSPS) is 9.47. The maximum absolute atomic E-state index is 5.81. The maximum Gasteiger partial charge on any atom is 0.122 e. The Kier molecular flexibility index (Phi) is 5.58. The van der Waals surface area contributed by atoms with Crippen LogP contribution in [0, 0.1) is 0 Å². The van der Waals surface area contributed by atoms with E-state index < -0.39 is 0 Å². The summed E-state index contributed by atoms with van der Waals surface area (Å²) in [6, 6.07) is 11.3. The first-order valence-corrected chi connectivity index (χ1v) is 5.34. The minimum atomic E-state index is 0. The molecule has 0 unspecified atom stereocenters. The summed E-state index contributed by atoms with van der Waals surface area (Å²) in [5, 5.41) is 3.91. The van der Waals surface area contributed by atoms with Crippen LogP contribution in [0.3, 0.4) is 0 Å². The van der Waals surface area contributed by atoms with Crippen LogP contribution in [0.1, 0.15) is 11.3 Å². The first-order valence-electron chi connectivity index (χ1n) is 4.97. The van der Waals surface area contributed by atoms with Gasteiger partial charge in [0.25, 0.3) is 0 Å². The van der Waals surface area contributed by atoms with E-state index in [9.17, 15) is 0 Å². The third-order valence-corrected chi connectivity index (χ3v) is 2.50. The molecule has 0 saturated carbocycles. The van der Waals surface area contributed by atoms with E-state index in [1.807, 2.05) is 36.4 Å². The fourth-order valence-electron chi connectivity index (χ4n) is 1.36. The molecule has 1 aromatic heterocycles. The second-order valence-electron chi connectivity index (χ2n) is 3.42. The second kappa shape index (κ2) is 6.71. The van der Waals surface area contributed by atoms with Crippen molar-refractivity contribution in [3.05, 3.63) is 65.6 Å². The number of furan rings is 1. The van der Waals surface area contributed by atoms with Crippen molar-refractivity contribution in [1.29, 1.82) is 0 Å². The van der Waals surface area contributed by atoms with E-state index in [2.05, 4.69) is 11.9 Å². The minimum absolute atomic E-state index is 0. The molecule has 1 N–H and O–H groups in total. The monoisotopic (exact) mass is 360 g/mol. The molecule has 0 aliphatic carbocycles. The molecule has 1 heterocycles. The van der Waals surface area contributed by atoms with Crippen LogP contribution in [0.5, 0.6) is 0 Å². The van der Waals surface area contributed by atoms with Gasteiger partial charge in [0.15, 0.2) is 0 Å². The van der Waals surface area contributed by atoms with Crippen LogP contribution in [0.2, 0.25) is 5.02 Å². The van der Waals surface area contributed by atoms with Crippen molar-refractivity contribution >= 4 is 17.3 Å². The standard InChI is InChI=1S/C13H12ClNO.HI/c1-10(11-4-6-12(14)7-5-11)15-9-13-3-2-8-16-13;/h2-8,15H,1,9H2;1H/p-1. The fraction of sp³-hybridized carbons (Fsp3) is 0.0769. The molecule has 2 aromatic rings. The van der Waals surface area contributed by atoms with E-state index in [1.54, 1.807) is 6.26 Å². The smallest absolute Gasteiger partial charge is 0.122 e. The molecule has 0 saturated heterocycles. The molecule has 0 aliphatic rings. The summed E-state index contributed by atoms with van der Waals surface area (Å²) in [6.45, 7) is 4.59. The molecule has 4 heteroatoms. The van der Waals surface area contributed by atoms with Gasteiger partial charge >= 0.3 is 0 Å². The van der Waals surface area contributed by atoms with Crippen molar-refractivity contribution in [1.82, 2.24) is 5.32 Å². The Morgan fingerprint density at radius 3 is 2.53 bits per heavy atom. The van der Waals surface area contributed by atoms with E-state index in [1.165, 1.54) is 0 Å². The van der Waals surface area contributed by atoms with Crippen LogP contribution in [0.15, 0.2) is 53.7 Å². The van der Waals surface area contributed by atoms with Gasteiger partial charge in [0.2, 0.25) is 0 Å². The van der Waals surface area contributed by atoms with Gasteiger partial charge in [-0.1, -0.05) is 30.3 Å². The van der Waals surface area contributed by atoms with Gasteiger partial charge in [-0.05, 0) is 29.8 Å². The summed E-state index contributed by atoms with van der Waals surface area (Å²) >= 11 is 5.81. The highest BCUT2D eigenvalue weighted by Crippen LogP contribution is 2.14. The molecule has 0 atom stereocenters. The Balaban J connectivity index is 0.00000144. The summed E-state index contributed by atoms with van der Waals surface area (Å²) in [6.07, 6.45) is 1.65. The third kappa shape index (κ3) is 4.09. The Morgan fingerprint density at radius 1 is 1.24 bits per heavy atom. The third-order valence-electron chi connectivity index (χ3n) is 2.25. The van der Waals surface area contributed by atoms with Crippen LogP contribution in [0.4, 0.5) is 0 Å². The number of hydrogen-bond acceptors (Lipinski definition) is 2. The lowest BCUT2D eigenvalue weighted by atomic mass is 10.2. The summed E-state index contributed by atoms with van der Waals surface area (Å²) in [5.74, 6) is 0.884. The van der Waals surface area contributed by atoms with Crippen molar-refractivity contribution in [2.45, 2.75) is 6.54 Å². The predicted molar refractivity (Wildman–Crippen MR) is 66.0 cm³/mol. The molecule has 0 fully saturated rings. The van der Waals surface area contributed by atoms with E-state index in [0.717, 1.165) is 22.0 Å². The number of halogens is 2. The molecule has 2 nitrogen and oxygen atoms in total. The van der Waals surface area contributed by atoms with Gasteiger partial charge < -0.3 is 33.7 Å². The average Bonchev–Trinajstić information content (AvgIpc) is 2.80. The number of benzene rings is 1. The van der Waals surface area contributed by atoms with Crippen LogP contribution < -0.4 is 29.3 Å². The Morgan fingerprint density at radius 2 is 1.94 bits per heavy atom. The summed E-state index contributed by atoms with van der Waals surface area (Å²) in [5.41, 5.74) is 1.88. The zero-order valence-electron chi connectivity index (χ0n) is 9.12. The minimum Gasteiger partial charge on any atom is -1.00 e. The Bertz CT molecular complexity index is 465. The largest absolute Gasteiger partial charge is 1.00 e. The van der Waals surface area contributed by atoms with Gasteiger partial charge in [0, 0.05) is 10.7 Å². The van der Waals surface area contributed by atoms with Crippen LogP contribution >= 0.6 is 11.6 Å². The first kappa shape index (κ1) is 14.1. The average molecular weight is 361 g/mol. The van der Waals surface area contributed by atoms with Crippen LogP contribution in [0.25, 0.3) is 5.70 Å². The summed E-state index contributed by atoms with van der Waals surface area (Å²) < 4.78 is 5.21. The summed E-state index contributed by atoms with van der Waals surface area (Å²) in [7, 11) is 0. The van der Waals surface area contributed by atoms with E-state index in [0.29, 0.717) is 6.54 Å². The van der Waals surface area contributed by atoms with Gasteiger partial charge in [0.05, 0.1) is 12.8 Å². The van der Waals surface area contributed by atoms with E-state index >= 15 is 0 Å². The van der Waals surface area contributed by atoms with Crippen molar-refractivity contribution in [3.63, 3.8) is 0 Å². The topological polar surface area (TPSA) is 25.2 Å². The lowest BCUT2D eigenvalue weighted by Gasteiger charge is -2.08. The zero-order valence-corrected chi connectivity index (χ0v) is 12.0. The highest BCUT2D eigenvalue weighted by Gasteiger charge is 1.99. The van der Waals surface area contributed by atoms with Crippen molar-refractivity contribution < 1.29 is 28.4 Å². The number of hydrogen-bond donors (Lipinski definition) is 1. The lowest BCUT2D eigenvalue weighted by Crippen LogP contribution is -3.00. The molecule has 90 valence electrons. The fourth-order valence-corrected chi connectivity index (χ4v) is 1.49. The molecule has 0 amide bonds. The van der Waals surface area contributed by atoms with Crippen molar-refractivity contribution in [2.75, 3.05) is 0 Å². The van der Waals surface area contributed by atoms with Crippen molar-refractivity contribution in [3.8, 4) is 0 Å². The van der Waals surface area contributed by atoms with Gasteiger partial charge in [-0.3, -0.25) is 0 Å². The number of nitrogens with one attached hydrogen (secondary N) is 1. The Hall–Kier alpha value is -0.940. The molecular weight excluding hydrogens is 349 g/mol. The molecule has 0 radical (unpaired) electrons. The number of rotatable bonds is 4. The predicted octanol–water partition coefficient (Wildman–Crippen LogP) is 0.698. The van der Waals surface area contributed by atoms with Crippen molar-refractivity contribution in [2.24, 2.45) is 0 Å². The van der Waals surface area contributed by atoms with Gasteiger partial charge in [-0.2, -0.15) is 0 Å². The summed E-state index contributed by atoms with van der Waals surface area (Å²) in [4.78, 5) is 0. The Labute approximate surface area is 123 Å². The molecule has 17 heavy (non-hydrogen) atoms.